The Labute approximate surface area is 316 Å². The molecule has 288 valence electrons. The highest BCUT2D eigenvalue weighted by atomic mass is 32.2. The summed E-state index contributed by atoms with van der Waals surface area (Å²) in [5, 5.41) is 6.75. The van der Waals surface area contributed by atoms with Crippen LogP contribution in [0.2, 0.25) is 0 Å². The molecule has 0 bridgehead atoms. The van der Waals surface area contributed by atoms with Crippen molar-refractivity contribution < 1.29 is 41.5 Å². The van der Waals surface area contributed by atoms with Crippen molar-refractivity contribution in [1.29, 1.82) is 0 Å². The Morgan fingerprint density at radius 2 is 1.85 bits per heavy atom. The average Bonchev–Trinajstić information content (AvgIpc) is 4.02. The van der Waals surface area contributed by atoms with E-state index in [0.29, 0.717) is 42.4 Å². The van der Waals surface area contributed by atoms with E-state index in [9.17, 15) is 32.0 Å². The van der Waals surface area contributed by atoms with Gasteiger partial charge in [0, 0.05) is 18.8 Å². The molecule has 17 heteroatoms. The highest BCUT2D eigenvalue weighted by molar-refractivity contribution is 7.91. The predicted octanol–water partition coefficient (Wildman–Crippen LogP) is 4.16. The first kappa shape index (κ1) is 37.7. The van der Waals surface area contributed by atoms with Crippen molar-refractivity contribution in [1.82, 2.24) is 30.2 Å². The molecule has 0 radical (unpaired) electrons. The molecule has 4 amide bonds. The van der Waals surface area contributed by atoms with Crippen molar-refractivity contribution in [3.05, 3.63) is 53.9 Å². The number of para-hydroxylation sites is 2. The fourth-order valence-corrected chi connectivity index (χ4v) is 9.12. The van der Waals surface area contributed by atoms with E-state index in [1.54, 1.807) is 6.07 Å². The average molecular weight is 783 g/mol. The second-order valence-electron chi connectivity index (χ2n) is 14.2. The molecule has 1 aromatic carbocycles. The molecular weight excluding hydrogens is 740 g/mol. The van der Waals surface area contributed by atoms with E-state index in [-0.39, 0.29) is 44.7 Å². The molecule has 2 aliphatic heterocycles. The summed E-state index contributed by atoms with van der Waals surface area (Å²) in [6, 6.07) is 8.88. The summed E-state index contributed by atoms with van der Waals surface area (Å²) in [5.41, 5.74) is 0.221. The summed E-state index contributed by atoms with van der Waals surface area (Å²) in [4.78, 5) is 67.0. The lowest BCUT2D eigenvalue weighted by atomic mass is 10.1. The van der Waals surface area contributed by atoms with Gasteiger partial charge in [-0.25, -0.2) is 23.2 Å². The van der Waals surface area contributed by atoms with Crippen molar-refractivity contribution in [3.63, 3.8) is 0 Å². The Morgan fingerprint density at radius 1 is 1.06 bits per heavy atom. The maximum absolute atomic E-state index is 14.4. The predicted molar refractivity (Wildman–Crippen MR) is 198 cm³/mol. The number of amides is 4. The number of hydrogen-bond acceptors (Lipinski definition) is 11. The fourth-order valence-electron chi connectivity index (χ4n) is 7.05. The molecule has 2 aromatic heterocycles. The molecule has 4 aliphatic rings. The van der Waals surface area contributed by atoms with Crippen LogP contribution in [-0.2, 0) is 29.1 Å². The van der Waals surface area contributed by atoms with E-state index < -0.39 is 75.4 Å². The van der Waals surface area contributed by atoms with E-state index in [1.165, 1.54) is 16.2 Å². The van der Waals surface area contributed by atoms with Crippen LogP contribution >= 0.6 is 11.3 Å². The largest absolute Gasteiger partial charge is 0.471 e. The minimum atomic E-state index is -3.91. The number of benzene rings is 1. The number of halogens is 1. The van der Waals surface area contributed by atoms with Gasteiger partial charge in [0.15, 0.2) is 0 Å². The van der Waals surface area contributed by atoms with Crippen molar-refractivity contribution in [2.45, 2.75) is 93.2 Å². The fraction of sp³-hybridized carbons (Fsp3) is 0.514. The van der Waals surface area contributed by atoms with E-state index in [2.05, 4.69) is 15.4 Å². The van der Waals surface area contributed by atoms with Crippen LogP contribution in [0.3, 0.4) is 0 Å². The van der Waals surface area contributed by atoms with Gasteiger partial charge < -0.3 is 25.0 Å². The molecule has 4 heterocycles. The second kappa shape index (κ2) is 16.0. The highest BCUT2D eigenvalue weighted by Gasteiger charge is 2.62. The molecular formula is C37H43FN6O8S2. The number of ether oxygens (including phenoxy) is 2. The number of rotatable bonds is 10. The first-order valence-corrected chi connectivity index (χ1v) is 20.8. The maximum atomic E-state index is 14.4. The summed E-state index contributed by atoms with van der Waals surface area (Å²) in [6.45, 7) is -0.900. The number of fused-ring (bicyclic) bond motifs is 3. The summed E-state index contributed by atoms with van der Waals surface area (Å²) >= 11 is 1.46. The Morgan fingerprint density at radius 3 is 2.59 bits per heavy atom. The molecule has 0 spiro atoms. The van der Waals surface area contributed by atoms with Crippen molar-refractivity contribution in [2.75, 3.05) is 19.8 Å². The number of carbonyl (C=O) groups excluding carboxylic acids is 4. The van der Waals surface area contributed by atoms with Crippen LogP contribution in [0.15, 0.2) is 53.9 Å². The number of hydrogen-bond donors (Lipinski definition) is 3. The minimum absolute atomic E-state index is 0.00219. The Bertz CT molecular complexity index is 2030. The molecule has 14 nitrogen and oxygen atoms in total. The van der Waals surface area contributed by atoms with Crippen LogP contribution in [-0.4, -0.2) is 95.9 Å². The van der Waals surface area contributed by atoms with E-state index in [0.717, 1.165) is 17.7 Å². The van der Waals surface area contributed by atoms with Gasteiger partial charge in [0.2, 0.25) is 27.7 Å². The maximum Gasteiger partial charge on any atom is 0.407 e. The molecule has 1 saturated heterocycles. The molecule has 3 fully saturated rings. The lowest BCUT2D eigenvalue weighted by Gasteiger charge is -2.29. The van der Waals surface area contributed by atoms with Crippen LogP contribution in [0.5, 0.6) is 5.88 Å². The van der Waals surface area contributed by atoms with Gasteiger partial charge in [0.1, 0.15) is 29.4 Å². The van der Waals surface area contributed by atoms with Crippen molar-refractivity contribution in [3.8, 4) is 16.5 Å². The molecule has 2 aliphatic carbocycles. The molecule has 2 saturated carbocycles. The quantitative estimate of drug-likeness (QED) is 0.199. The first-order valence-electron chi connectivity index (χ1n) is 18.4. The standard InChI is InChI=1S/C37H43FN6O8S2/c38-17-9-18-51-36(48)41-28-13-5-3-1-2-4-10-23-21-37(23,35(47)43-54(49,50)25-15-16-25)42-32(45)29-20-24(22-44(29)34(28)46)52-33-31(30-14-8-19-53-30)39-26-11-6-7-12-27(26)40-33/h4,6-8,10-12,14,19,23-25,28-29H,1-3,5,9,13,15-18,20-22H2,(H,41,48)(H,42,45)(H,43,47)/b10-4-/t23-,24-,28+,29+,37-/m1/s1. The van der Waals surface area contributed by atoms with Crippen LogP contribution in [0.25, 0.3) is 21.6 Å². The van der Waals surface area contributed by atoms with Crippen LogP contribution in [0.4, 0.5) is 9.18 Å². The van der Waals surface area contributed by atoms with Crippen LogP contribution < -0.4 is 20.1 Å². The SMILES string of the molecule is O=C(N[C@H]1CCCCC/C=C\[C@@H]2C[C@@]2(C(=O)NS(=O)(=O)C2CC2)NC(=O)[C@@H]2C[C@@H](Oc3nc4ccccc4nc3-c3cccs3)CN2C1=O)OCCCF. The summed E-state index contributed by atoms with van der Waals surface area (Å²) in [5.74, 6) is -2.26. The first-order chi connectivity index (χ1) is 26.1. The number of alkyl halides is 1. The zero-order valence-corrected chi connectivity index (χ0v) is 31.2. The highest BCUT2D eigenvalue weighted by Crippen LogP contribution is 2.46. The number of nitrogens with zero attached hydrogens (tertiary/aromatic N) is 3. The van der Waals surface area contributed by atoms with E-state index >= 15 is 0 Å². The molecule has 7 rings (SSSR count). The summed E-state index contributed by atoms with van der Waals surface area (Å²) in [6.07, 6.45) is 6.22. The lowest BCUT2D eigenvalue weighted by molar-refractivity contribution is -0.141. The van der Waals surface area contributed by atoms with Crippen LogP contribution in [0.1, 0.15) is 64.2 Å². The smallest absolute Gasteiger partial charge is 0.407 e. The summed E-state index contributed by atoms with van der Waals surface area (Å²) in [7, 11) is -3.91. The molecule has 3 aromatic rings. The van der Waals surface area contributed by atoms with Gasteiger partial charge in [-0.15, -0.1) is 11.3 Å². The number of aromatic nitrogens is 2. The topological polar surface area (TPSA) is 186 Å². The molecule has 3 N–H and O–H groups in total. The van der Waals surface area contributed by atoms with Gasteiger partial charge in [-0.3, -0.25) is 23.5 Å². The van der Waals surface area contributed by atoms with Gasteiger partial charge in [-0.05, 0) is 62.1 Å². The number of allylic oxidation sites excluding steroid dienone is 1. The zero-order valence-electron chi connectivity index (χ0n) is 29.6. The summed E-state index contributed by atoms with van der Waals surface area (Å²) < 4.78 is 52.2. The Kier molecular flexibility index (Phi) is 11.2. The Hall–Kier alpha value is -4.64. The third-order valence-electron chi connectivity index (χ3n) is 10.2. The Balaban J connectivity index is 1.20. The van der Waals surface area contributed by atoms with Crippen LogP contribution in [0, 0.1) is 5.92 Å². The van der Waals surface area contributed by atoms with Gasteiger partial charge in [-0.1, -0.05) is 43.2 Å². The monoisotopic (exact) mass is 782 g/mol. The molecule has 0 unspecified atom stereocenters. The van der Waals surface area contributed by atoms with Crippen molar-refractivity contribution in [2.24, 2.45) is 5.92 Å². The van der Waals surface area contributed by atoms with Gasteiger partial charge in [-0.2, -0.15) is 0 Å². The number of nitrogens with one attached hydrogen (secondary N) is 3. The number of alkyl carbamates (subject to hydrolysis) is 1. The molecule has 5 atom stereocenters. The number of sulfonamides is 1. The third kappa shape index (κ3) is 8.36. The van der Waals surface area contributed by atoms with E-state index in [1.807, 2.05) is 47.9 Å². The number of thiophene rings is 1. The second-order valence-corrected chi connectivity index (χ2v) is 17.1. The normalized spacial score (nSPS) is 26.7. The zero-order chi connectivity index (χ0) is 37.9. The minimum Gasteiger partial charge on any atom is -0.471 e. The van der Waals surface area contributed by atoms with E-state index in [4.69, 9.17) is 19.4 Å². The molecule has 54 heavy (non-hydrogen) atoms. The third-order valence-corrected chi connectivity index (χ3v) is 12.9. The number of carbonyl (C=O) groups is 4. The van der Waals surface area contributed by atoms with Gasteiger partial charge in [0.25, 0.3) is 5.91 Å². The lowest BCUT2D eigenvalue weighted by Crippen LogP contribution is -2.58. The van der Waals surface area contributed by atoms with Gasteiger partial charge in [0.05, 0.1) is 41.0 Å². The van der Waals surface area contributed by atoms with Gasteiger partial charge >= 0.3 is 6.09 Å². The van der Waals surface area contributed by atoms with Crippen molar-refractivity contribution >= 4 is 56.2 Å².